The molecule has 0 aliphatic carbocycles. The highest BCUT2D eigenvalue weighted by Gasteiger charge is 2.07. The second-order valence-electron chi connectivity index (χ2n) is 4.22. The van der Waals surface area contributed by atoms with E-state index in [0.717, 1.165) is 35.5 Å². The van der Waals surface area contributed by atoms with Crippen molar-refractivity contribution in [3.63, 3.8) is 0 Å². The van der Waals surface area contributed by atoms with Crippen LogP contribution >= 0.6 is 11.3 Å². The van der Waals surface area contributed by atoms with E-state index in [9.17, 15) is 8.78 Å². The van der Waals surface area contributed by atoms with E-state index in [-0.39, 0.29) is 0 Å². The first-order chi connectivity index (χ1) is 9.19. The van der Waals surface area contributed by atoms with E-state index in [1.54, 1.807) is 6.07 Å². The average Bonchev–Trinajstić information content (AvgIpc) is 2.82. The molecule has 1 aromatic carbocycles. The summed E-state index contributed by atoms with van der Waals surface area (Å²) in [5.74, 6) is -1.65. The molecule has 1 aromatic heterocycles. The van der Waals surface area contributed by atoms with Crippen LogP contribution in [0.15, 0.2) is 18.2 Å². The molecule has 0 unspecified atom stereocenters. The lowest BCUT2D eigenvalue weighted by atomic mass is 10.1. The first-order valence-corrected chi connectivity index (χ1v) is 6.90. The molecule has 6 heteroatoms. The van der Waals surface area contributed by atoms with Gasteiger partial charge in [-0.3, -0.25) is 0 Å². The minimum absolute atomic E-state index is 0.487. The van der Waals surface area contributed by atoms with Crippen LogP contribution in [-0.2, 0) is 12.8 Å². The molecule has 0 aliphatic rings. The van der Waals surface area contributed by atoms with Gasteiger partial charge in [0.25, 0.3) is 0 Å². The Morgan fingerprint density at radius 3 is 2.68 bits per heavy atom. The first kappa shape index (κ1) is 14.0. The van der Waals surface area contributed by atoms with E-state index < -0.39 is 11.6 Å². The van der Waals surface area contributed by atoms with Crippen LogP contribution in [0.5, 0.6) is 0 Å². The number of halogens is 2. The molecule has 0 bridgehead atoms. The Hall–Kier alpha value is -1.40. The molecular formula is C13H15F2N3S. The van der Waals surface area contributed by atoms with Crippen molar-refractivity contribution in [2.45, 2.75) is 19.3 Å². The fraction of sp³-hybridized carbons (Fsp3) is 0.385. The summed E-state index contributed by atoms with van der Waals surface area (Å²) in [5.41, 5.74) is 0.705. The maximum Gasteiger partial charge on any atom is 0.159 e. The van der Waals surface area contributed by atoms with Crippen molar-refractivity contribution in [3.05, 3.63) is 45.4 Å². The van der Waals surface area contributed by atoms with E-state index in [1.165, 1.54) is 17.4 Å². The molecule has 0 saturated carbocycles. The van der Waals surface area contributed by atoms with Gasteiger partial charge < -0.3 is 5.32 Å². The van der Waals surface area contributed by atoms with Crippen molar-refractivity contribution in [1.82, 2.24) is 15.5 Å². The van der Waals surface area contributed by atoms with Gasteiger partial charge in [0.2, 0.25) is 0 Å². The summed E-state index contributed by atoms with van der Waals surface area (Å²) in [7, 11) is 1.91. The van der Waals surface area contributed by atoms with Gasteiger partial charge in [0.15, 0.2) is 11.6 Å². The summed E-state index contributed by atoms with van der Waals surface area (Å²) in [5, 5.41) is 13.1. The van der Waals surface area contributed by atoms with Crippen molar-refractivity contribution >= 4 is 11.3 Å². The second kappa shape index (κ2) is 6.68. The van der Waals surface area contributed by atoms with Gasteiger partial charge in [-0.25, -0.2) is 8.78 Å². The molecule has 1 heterocycles. The van der Waals surface area contributed by atoms with E-state index >= 15 is 0 Å². The highest BCUT2D eigenvalue weighted by atomic mass is 32.1. The molecule has 1 N–H and O–H groups in total. The van der Waals surface area contributed by atoms with Crippen molar-refractivity contribution < 1.29 is 8.78 Å². The van der Waals surface area contributed by atoms with Gasteiger partial charge in [0.1, 0.15) is 10.0 Å². The molecule has 2 rings (SSSR count). The topological polar surface area (TPSA) is 37.8 Å². The largest absolute Gasteiger partial charge is 0.320 e. The number of hydrogen-bond donors (Lipinski definition) is 1. The monoisotopic (exact) mass is 283 g/mol. The molecule has 2 aromatic rings. The zero-order chi connectivity index (χ0) is 13.7. The summed E-state index contributed by atoms with van der Waals surface area (Å²) in [4.78, 5) is 0. The maximum absolute atomic E-state index is 13.1. The van der Waals surface area contributed by atoms with E-state index in [2.05, 4.69) is 15.5 Å². The Bertz CT molecular complexity index is 542. The zero-order valence-corrected chi connectivity index (χ0v) is 11.4. The molecule has 0 aliphatic heterocycles. The molecular weight excluding hydrogens is 268 g/mol. The fourth-order valence-corrected chi connectivity index (χ4v) is 2.62. The average molecular weight is 283 g/mol. The van der Waals surface area contributed by atoms with Crippen LogP contribution in [0.1, 0.15) is 22.0 Å². The van der Waals surface area contributed by atoms with Gasteiger partial charge in [-0.1, -0.05) is 6.07 Å². The quantitative estimate of drug-likeness (QED) is 0.828. The Kier molecular flexibility index (Phi) is 4.93. The zero-order valence-electron chi connectivity index (χ0n) is 10.6. The predicted molar refractivity (Wildman–Crippen MR) is 71.3 cm³/mol. The van der Waals surface area contributed by atoms with Crippen LogP contribution in [-0.4, -0.2) is 23.8 Å². The van der Waals surface area contributed by atoms with Crippen LogP contribution in [0.4, 0.5) is 8.78 Å². The highest BCUT2D eigenvalue weighted by molar-refractivity contribution is 7.11. The van der Waals surface area contributed by atoms with Crippen molar-refractivity contribution in [2.75, 3.05) is 13.6 Å². The summed E-state index contributed by atoms with van der Waals surface area (Å²) < 4.78 is 25.9. The van der Waals surface area contributed by atoms with Gasteiger partial charge in [-0.2, -0.15) is 0 Å². The van der Waals surface area contributed by atoms with Crippen LogP contribution in [0.2, 0.25) is 0 Å². The van der Waals surface area contributed by atoms with Crippen LogP contribution in [0, 0.1) is 11.6 Å². The summed E-state index contributed by atoms with van der Waals surface area (Å²) in [6, 6.07) is 3.91. The SMILES string of the molecule is CNCCCc1nnc(Cc2ccc(F)c(F)c2)s1. The third kappa shape index (κ3) is 4.04. The maximum atomic E-state index is 13.1. The number of aromatic nitrogens is 2. The minimum atomic E-state index is -0.825. The first-order valence-electron chi connectivity index (χ1n) is 6.09. The molecule has 0 fully saturated rings. The Morgan fingerprint density at radius 1 is 1.16 bits per heavy atom. The van der Waals surface area contributed by atoms with Gasteiger partial charge in [0.05, 0.1) is 0 Å². The molecule has 0 atom stereocenters. The Labute approximate surface area is 114 Å². The van der Waals surface area contributed by atoms with Gasteiger partial charge in [-0.15, -0.1) is 21.5 Å². The van der Waals surface area contributed by atoms with Crippen molar-refractivity contribution in [3.8, 4) is 0 Å². The van der Waals surface area contributed by atoms with Gasteiger partial charge in [-0.05, 0) is 37.7 Å². The number of nitrogens with zero attached hydrogens (tertiary/aromatic N) is 2. The summed E-state index contributed by atoms with van der Waals surface area (Å²) >= 11 is 1.52. The van der Waals surface area contributed by atoms with Crippen LogP contribution in [0.3, 0.4) is 0 Å². The van der Waals surface area contributed by atoms with Gasteiger partial charge in [0, 0.05) is 12.8 Å². The second-order valence-corrected chi connectivity index (χ2v) is 5.37. The lowest BCUT2D eigenvalue weighted by molar-refractivity contribution is 0.507. The van der Waals surface area contributed by atoms with Crippen LogP contribution < -0.4 is 5.32 Å². The molecule has 0 amide bonds. The third-order valence-electron chi connectivity index (χ3n) is 2.67. The molecule has 19 heavy (non-hydrogen) atoms. The van der Waals surface area contributed by atoms with E-state index in [0.29, 0.717) is 12.0 Å². The van der Waals surface area contributed by atoms with Crippen molar-refractivity contribution in [2.24, 2.45) is 0 Å². The highest BCUT2D eigenvalue weighted by Crippen LogP contribution is 2.17. The smallest absolute Gasteiger partial charge is 0.159 e. The third-order valence-corrected chi connectivity index (χ3v) is 3.65. The number of aryl methyl sites for hydroxylation is 1. The molecule has 0 spiro atoms. The molecule has 0 saturated heterocycles. The lowest BCUT2D eigenvalue weighted by Gasteiger charge is -1.98. The number of nitrogens with one attached hydrogen (secondary N) is 1. The van der Waals surface area contributed by atoms with Crippen LogP contribution in [0.25, 0.3) is 0 Å². The summed E-state index contributed by atoms with van der Waals surface area (Å²) in [6.45, 7) is 0.943. The Balaban J connectivity index is 1.97. The van der Waals surface area contributed by atoms with E-state index in [1.807, 2.05) is 7.05 Å². The number of benzene rings is 1. The van der Waals surface area contributed by atoms with E-state index in [4.69, 9.17) is 0 Å². The molecule has 0 radical (unpaired) electrons. The minimum Gasteiger partial charge on any atom is -0.320 e. The molecule has 102 valence electrons. The molecule has 3 nitrogen and oxygen atoms in total. The van der Waals surface area contributed by atoms with Gasteiger partial charge >= 0.3 is 0 Å². The van der Waals surface area contributed by atoms with Crippen molar-refractivity contribution in [1.29, 1.82) is 0 Å². The normalized spacial score (nSPS) is 10.9. The fourth-order valence-electron chi connectivity index (χ4n) is 1.70. The predicted octanol–water partition coefficient (Wildman–Crippen LogP) is 2.56. The Morgan fingerprint density at radius 2 is 1.95 bits per heavy atom. The summed E-state index contributed by atoms with van der Waals surface area (Å²) in [6.07, 6.45) is 2.38. The number of rotatable bonds is 6. The number of hydrogen-bond acceptors (Lipinski definition) is 4. The lowest BCUT2D eigenvalue weighted by Crippen LogP contribution is -2.08. The standard InChI is InChI=1S/C13H15F2N3S/c1-16-6-2-3-12-17-18-13(19-12)8-9-4-5-10(14)11(15)7-9/h4-5,7,16H,2-3,6,8H2,1H3.